The highest BCUT2D eigenvalue weighted by atomic mass is 16.3. The molecule has 1 aromatic carbocycles. The molecule has 2 aromatic rings. The lowest BCUT2D eigenvalue weighted by Gasteiger charge is -2.03. The molecule has 0 saturated heterocycles. The topological polar surface area (TPSA) is 64.1 Å². The van der Waals surface area contributed by atoms with Crippen LogP contribution < -0.4 is 5.73 Å². The molecular formula is C12H13N3O. The monoisotopic (exact) mass is 215 g/mol. The van der Waals surface area contributed by atoms with E-state index in [1.54, 1.807) is 16.8 Å². The van der Waals surface area contributed by atoms with Crippen LogP contribution in [0.3, 0.4) is 0 Å². The average molecular weight is 215 g/mol. The largest absolute Gasteiger partial charge is 0.508 e. The fraction of sp³-hybridized carbons (Fsp3) is 0.250. The van der Waals surface area contributed by atoms with Crippen molar-refractivity contribution < 1.29 is 5.11 Å². The summed E-state index contributed by atoms with van der Waals surface area (Å²) in [6.45, 7) is 0. The van der Waals surface area contributed by atoms with Crippen LogP contribution in [0.25, 0.3) is 5.69 Å². The fourth-order valence-corrected chi connectivity index (χ4v) is 1.75. The third-order valence-electron chi connectivity index (χ3n) is 3.06. The van der Waals surface area contributed by atoms with Gasteiger partial charge in [0.1, 0.15) is 5.75 Å². The molecule has 1 aliphatic rings. The maximum absolute atomic E-state index is 9.20. The van der Waals surface area contributed by atoms with Gasteiger partial charge in [-0.15, -0.1) is 0 Å². The van der Waals surface area contributed by atoms with Crippen LogP contribution in [0.5, 0.6) is 5.75 Å². The normalized spacial score (nSPS) is 17.3. The molecular weight excluding hydrogens is 202 g/mol. The Morgan fingerprint density at radius 3 is 2.56 bits per heavy atom. The van der Waals surface area contributed by atoms with Crippen molar-refractivity contribution in [2.75, 3.05) is 0 Å². The number of nitrogens with two attached hydrogens (primary N) is 1. The molecule has 0 aliphatic heterocycles. The highest BCUT2D eigenvalue weighted by Gasteiger charge is 2.41. The van der Waals surface area contributed by atoms with Crippen LogP contribution in [0, 0.1) is 0 Å². The Hall–Kier alpha value is -1.81. The molecule has 3 rings (SSSR count). The van der Waals surface area contributed by atoms with Crippen molar-refractivity contribution in [2.45, 2.75) is 18.4 Å². The summed E-state index contributed by atoms with van der Waals surface area (Å²) in [6, 6.07) is 6.93. The van der Waals surface area contributed by atoms with Crippen LogP contribution in [0.15, 0.2) is 36.7 Å². The SMILES string of the molecule is NC1(c2cnn(-c3ccc(O)cc3)c2)CC1. The van der Waals surface area contributed by atoms with Gasteiger partial charge in [0.05, 0.1) is 11.9 Å². The predicted octanol–water partition coefficient (Wildman–Crippen LogP) is 1.53. The second-order valence-corrected chi connectivity index (χ2v) is 4.35. The maximum Gasteiger partial charge on any atom is 0.115 e. The molecule has 1 saturated carbocycles. The first-order valence-corrected chi connectivity index (χ1v) is 5.31. The van der Waals surface area contributed by atoms with Crippen molar-refractivity contribution in [1.82, 2.24) is 9.78 Å². The zero-order valence-corrected chi connectivity index (χ0v) is 8.80. The summed E-state index contributed by atoms with van der Waals surface area (Å²) in [7, 11) is 0. The van der Waals surface area contributed by atoms with Crippen molar-refractivity contribution in [3.63, 3.8) is 0 Å². The van der Waals surface area contributed by atoms with Crippen LogP contribution in [-0.4, -0.2) is 14.9 Å². The number of phenolic OH excluding ortho intramolecular Hbond substituents is 1. The molecule has 0 spiro atoms. The van der Waals surface area contributed by atoms with Gasteiger partial charge in [0, 0.05) is 17.3 Å². The molecule has 4 nitrogen and oxygen atoms in total. The Labute approximate surface area is 93.3 Å². The molecule has 16 heavy (non-hydrogen) atoms. The molecule has 0 atom stereocenters. The van der Waals surface area contributed by atoms with Gasteiger partial charge in [-0.25, -0.2) is 4.68 Å². The van der Waals surface area contributed by atoms with E-state index in [4.69, 9.17) is 5.73 Å². The van der Waals surface area contributed by atoms with E-state index in [9.17, 15) is 5.11 Å². The Morgan fingerprint density at radius 2 is 1.94 bits per heavy atom. The van der Waals surface area contributed by atoms with E-state index in [1.807, 2.05) is 24.5 Å². The first-order chi connectivity index (χ1) is 7.67. The number of rotatable bonds is 2. The Kier molecular flexibility index (Phi) is 1.82. The highest BCUT2D eigenvalue weighted by molar-refractivity contribution is 5.37. The number of aromatic nitrogens is 2. The summed E-state index contributed by atoms with van der Waals surface area (Å²) in [6.07, 6.45) is 5.85. The molecule has 1 aromatic heterocycles. The van der Waals surface area contributed by atoms with Gasteiger partial charge in [-0.1, -0.05) is 0 Å². The van der Waals surface area contributed by atoms with Crippen LogP contribution in [-0.2, 0) is 5.54 Å². The molecule has 1 heterocycles. The van der Waals surface area contributed by atoms with Crippen molar-refractivity contribution in [1.29, 1.82) is 0 Å². The van der Waals surface area contributed by atoms with Crippen molar-refractivity contribution in [3.8, 4) is 11.4 Å². The number of aromatic hydroxyl groups is 1. The average Bonchev–Trinajstić information content (AvgIpc) is 2.84. The second-order valence-electron chi connectivity index (χ2n) is 4.35. The molecule has 0 bridgehead atoms. The van der Waals surface area contributed by atoms with Gasteiger partial charge in [-0.05, 0) is 37.1 Å². The van der Waals surface area contributed by atoms with E-state index in [0.717, 1.165) is 24.1 Å². The number of hydrogen-bond acceptors (Lipinski definition) is 3. The van der Waals surface area contributed by atoms with Gasteiger partial charge in [0.2, 0.25) is 0 Å². The highest BCUT2D eigenvalue weighted by Crippen LogP contribution is 2.42. The first-order valence-electron chi connectivity index (χ1n) is 5.31. The number of hydrogen-bond donors (Lipinski definition) is 2. The summed E-state index contributed by atoms with van der Waals surface area (Å²) in [5.41, 5.74) is 7.95. The maximum atomic E-state index is 9.20. The number of phenols is 1. The van der Waals surface area contributed by atoms with Gasteiger partial charge >= 0.3 is 0 Å². The fourth-order valence-electron chi connectivity index (χ4n) is 1.75. The van der Waals surface area contributed by atoms with E-state index < -0.39 is 0 Å². The number of nitrogens with zero attached hydrogens (tertiary/aromatic N) is 2. The smallest absolute Gasteiger partial charge is 0.115 e. The number of benzene rings is 1. The summed E-state index contributed by atoms with van der Waals surface area (Å²) in [5.74, 6) is 0.258. The third-order valence-corrected chi connectivity index (χ3v) is 3.06. The molecule has 4 heteroatoms. The standard InChI is InChI=1S/C12H13N3O/c13-12(5-6-12)9-7-14-15(8-9)10-1-3-11(16)4-2-10/h1-4,7-8,16H,5-6,13H2. The summed E-state index contributed by atoms with van der Waals surface area (Å²) >= 11 is 0. The minimum atomic E-state index is -0.144. The van der Waals surface area contributed by atoms with Crippen molar-refractivity contribution >= 4 is 0 Å². The van der Waals surface area contributed by atoms with Crippen LogP contribution in [0.4, 0.5) is 0 Å². The second kappa shape index (κ2) is 3.09. The Bertz CT molecular complexity index is 511. The minimum Gasteiger partial charge on any atom is -0.508 e. The lowest BCUT2D eigenvalue weighted by atomic mass is 10.1. The van der Waals surface area contributed by atoms with Crippen LogP contribution in [0.2, 0.25) is 0 Å². The summed E-state index contributed by atoms with van der Waals surface area (Å²) in [5, 5.41) is 13.5. The molecule has 1 fully saturated rings. The lowest BCUT2D eigenvalue weighted by molar-refractivity contribution is 0.475. The van der Waals surface area contributed by atoms with E-state index in [2.05, 4.69) is 5.10 Å². The molecule has 82 valence electrons. The van der Waals surface area contributed by atoms with E-state index in [1.165, 1.54) is 0 Å². The van der Waals surface area contributed by atoms with Gasteiger partial charge in [0.25, 0.3) is 0 Å². The summed E-state index contributed by atoms with van der Waals surface area (Å²) < 4.78 is 1.78. The van der Waals surface area contributed by atoms with Crippen molar-refractivity contribution in [3.05, 3.63) is 42.2 Å². The molecule has 0 amide bonds. The quantitative estimate of drug-likeness (QED) is 0.798. The van der Waals surface area contributed by atoms with Crippen LogP contribution >= 0.6 is 0 Å². The van der Waals surface area contributed by atoms with Gasteiger partial charge in [-0.3, -0.25) is 0 Å². The van der Waals surface area contributed by atoms with Crippen LogP contribution in [0.1, 0.15) is 18.4 Å². The summed E-state index contributed by atoms with van der Waals surface area (Å²) in [4.78, 5) is 0. The zero-order chi connectivity index (χ0) is 11.2. The third kappa shape index (κ3) is 1.47. The van der Waals surface area contributed by atoms with Gasteiger partial charge in [0.15, 0.2) is 0 Å². The van der Waals surface area contributed by atoms with Gasteiger partial charge in [-0.2, -0.15) is 5.10 Å². The molecule has 1 aliphatic carbocycles. The molecule has 0 radical (unpaired) electrons. The van der Waals surface area contributed by atoms with E-state index in [0.29, 0.717) is 0 Å². The van der Waals surface area contributed by atoms with Crippen molar-refractivity contribution in [2.24, 2.45) is 5.73 Å². The van der Waals surface area contributed by atoms with E-state index in [-0.39, 0.29) is 11.3 Å². The van der Waals surface area contributed by atoms with Gasteiger partial charge < -0.3 is 10.8 Å². The first kappa shape index (κ1) is 9.42. The Morgan fingerprint density at radius 1 is 1.25 bits per heavy atom. The zero-order valence-electron chi connectivity index (χ0n) is 8.80. The predicted molar refractivity (Wildman–Crippen MR) is 60.3 cm³/mol. The Balaban J connectivity index is 1.95. The van der Waals surface area contributed by atoms with E-state index >= 15 is 0 Å². The lowest BCUT2D eigenvalue weighted by Crippen LogP contribution is -2.17. The minimum absolute atomic E-state index is 0.144. The molecule has 3 N–H and O–H groups in total. The molecule has 0 unspecified atom stereocenters.